The Balaban J connectivity index is 1.42. The summed E-state index contributed by atoms with van der Waals surface area (Å²) in [5.74, 6) is -9.45. The van der Waals surface area contributed by atoms with Gasteiger partial charge in [-0.2, -0.15) is 12.6 Å². The Bertz CT molecular complexity index is 2860. The third-order valence-electron chi connectivity index (χ3n) is 13.3. The predicted molar refractivity (Wildman–Crippen MR) is 312 cm³/mol. The van der Waals surface area contributed by atoms with Gasteiger partial charge in [-0.05, 0) is 67.6 Å². The first kappa shape index (κ1) is 67.2. The molecule has 9 atom stereocenters. The second kappa shape index (κ2) is 32.9. The number of para-hydroxylation sites is 1. The summed E-state index contributed by atoms with van der Waals surface area (Å²) >= 11 is 4.30. The topological polar surface area (TPSA) is 419 Å². The summed E-state index contributed by atoms with van der Waals surface area (Å²) in [6.07, 6.45) is 4.31. The Hall–Kier alpha value is -8.33. The monoisotopic (exact) mass is 1170 g/mol. The number of amides is 11. The number of carbonyl (C=O) groups is 11. The maximum atomic E-state index is 14.3. The number of nitrogens with zero attached hydrogens (tertiary/aromatic N) is 1. The van der Waals surface area contributed by atoms with E-state index in [1.54, 1.807) is 62.5 Å². The van der Waals surface area contributed by atoms with Crippen LogP contribution in [0.2, 0.25) is 0 Å². The number of primary amides is 2. The molecule has 0 radical (unpaired) electrons. The van der Waals surface area contributed by atoms with Gasteiger partial charge in [-0.25, -0.2) is 4.98 Å². The number of thiol groups is 1. The standard InChI is InChI=1S/C56H81N15O11S/c1-29(2)19-40(48(59)74)67-52(78)41(20-30(3)4)68-54(80)43(23-35-25-60-28-63-35)65-46(73)26-62-56(82)47(31(5)6)71-49(75)32(7)64-55(81)44(27-83)70-53(79)42(22-34-24-61-38-16-12-11-15-36(34)38)69-51(77)39(17-18-45(58)72)66-50(76)37(57)21-33-13-9-8-10-14-33/h8-16,24-25,28-32,37,39-44,47,61,83H,17-23,26-27,57H2,1-7H3,(H2,58,72)(H2,59,74)(H,60,63)(H,62,82)(H,64,81)(H,65,73)(H,66,76)(H,67,78)(H,68,80)(H,69,77)(H,70,79)(H,71,75)/t32-,37+,39-,40-,41-,42-,43-,44-,47-/m0/s1. The number of nitrogens with one attached hydrogen (secondary N) is 11. The first-order valence-electron chi connectivity index (χ1n) is 27.5. The van der Waals surface area contributed by atoms with E-state index < -0.39 is 132 Å². The van der Waals surface area contributed by atoms with Crippen molar-refractivity contribution < 1.29 is 52.7 Å². The molecule has 0 saturated heterocycles. The zero-order valence-corrected chi connectivity index (χ0v) is 48.7. The summed E-state index contributed by atoms with van der Waals surface area (Å²) in [5.41, 5.74) is 19.8. The third kappa shape index (κ3) is 22.2. The van der Waals surface area contributed by atoms with Gasteiger partial charge in [0.05, 0.1) is 18.9 Å². The van der Waals surface area contributed by atoms with Gasteiger partial charge in [-0.1, -0.05) is 90.1 Å². The van der Waals surface area contributed by atoms with Crippen molar-refractivity contribution in [2.45, 2.75) is 148 Å². The summed E-state index contributed by atoms with van der Waals surface area (Å²) in [7, 11) is 0. The van der Waals surface area contributed by atoms with Crippen molar-refractivity contribution in [2.75, 3.05) is 12.3 Å². The molecule has 11 amide bonds. The fraction of sp³-hybridized carbons (Fsp3) is 0.500. The van der Waals surface area contributed by atoms with Crippen LogP contribution in [0.1, 0.15) is 91.0 Å². The largest absolute Gasteiger partial charge is 0.370 e. The SMILES string of the molecule is CC(C)C[C@H](NC(=O)[C@H](CC(C)C)NC(=O)[C@H](Cc1cnc[nH]1)NC(=O)CNC(=O)[C@@H](NC(=O)[C@H](C)NC(=O)[C@H](CS)NC(=O)[C@H](Cc1c[nH]c2ccccc12)NC(=O)[C@H](CCC(N)=O)NC(=O)[C@H](N)Cc1ccccc1)C(C)C)C(N)=O. The van der Waals surface area contributed by atoms with E-state index in [4.69, 9.17) is 17.2 Å². The highest BCUT2D eigenvalue weighted by Crippen LogP contribution is 2.20. The zero-order chi connectivity index (χ0) is 61.5. The number of fused-ring (bicyclic) bond motifs is 1. The molecule has 0 aliphatic rings. The molecule has 452 valence electrons. The van der Waals surface area contributed by atoms with Crippen LogP contribution in [0.15, 0.2) is 73.3 Å². The van der Waals surface area contributed by atoms with E-state index in [0.717, 1.165) is 16.5 Å². The lowest BCUT2D eigenvalue weighted by Gasteiger charge is -2.27. The normalized spacial score (nSPS) is 14.6. The van der Waals surface area contributed by atoms with Crippen LogP contribution < -0.4 is 65.1 Å². The van der Waals surface area contributed by atoms with Crippen LogP contribution in [0.5, 0.6) is 0 Å². The van der Waals surface area contributed by atoms with Gasteiger partial charge < -0.3 is 75.0 Å². The van der Waals surface area contributed by atoms with Crippen LogP contribution in [0.3, 0.4) is 0 Å². The van der Waals surface area contributed by atoms with Crippen molar-refractivity contribution in [2.24, 2.45) is 35.0 Å². The van der Waals surface area contributed by atoms with Crippen LogP contribution >= 0.6 is 12.6 Å². The van der Waals surface area contributed by atoms with Crippen LogP contribution in [0.4, 0.5) is 0 Å². The number of rotatable bonds is 34. The van der Waals surface area contributed by atoms with Crippen molar-refractivity contribution in [3.63, 3.8) is 0 Å². The van der Waals surface area contributed by atoms with Gasteiger partial charge in [-0.3, -0.25) is 52.7 Å². The van der Waals surface area contributed by atoms with Gasteiger partial charge in [0.15, 0.2) is 0 Å². The number of imidazole rings is 1. The smallest absolute Gasteiger partial charge is 0.244 e. The summed E-state index contributed by atoms with van der Waals surface area (Å²) < 4.78 is 0. The van der Waals surface area contributed by atoms with Crippen LogP contribution in [-0.2, 0) is 72.0 Å². The number of nitrogens with two attached hydrogens (primary N) is 3. The molecule has 2 aromatic carbocycles. The van der Waals surface area contributed by atoms with E-state index in [2.05, 4.69) is 75.4 Å². The number of aromatic amines is 2. The third-order valence-corrected chi connectivity index (χ3v) is 13.6. The van der Waals surface area contributed by atoms with E-state index in [9.17, 15) is 52.7 Å². The quantitative estimate of drug-likeness (QED) is 0.0242. The van der Waals surface area contributed by atoms with Gasteiger partial charge in [0.25, 0.3) is 0 Å². The maximum absolute atomic E-state index is 14.3. The van der Waals surface area contributed by atoms with Crippen molar-refractivity contribution in [3.8, 4) is 0 Å². The van der Waals surface area contributed by atoms with Gasteiger partial charge in [0.2, 0.25) is 65.0 Å². The van der Waals surface area contributed by atoms with Crippen LogP contribution in [0.25, 0.3) is 10.9 Å². The second-order valence-electron chi connectivity index (χ2n) is 21.6. The molecular formula is C56H81N15O11S. The minimum atomic E-state index is -1.39. The number of hydrogen-bond donors (Lipinski definition) is 15. The Morgan fingerprint density at radius 1 is 0.566 bits per heavy atom. The fourth-order valence-corrected chi connectivity index (χ4v) is 9.03. The molecule has 0 saturated carbocycles. The minimum absolute atomic E-state index is 0.0174. The molecule has 26 nitrogen and oxygen atoms in total. The molecule has 0 unspecified atom stereocenters. The Morgan fingerprint density at radius 2 is 1.12 bits per heavy atom. The van der Waals surface area contributed by atoms with Gasteiger partial charge in [-0.15, -0.1) is 0 Å². The summed E-state index contributed by atoms with van der Waals surface area (Å²) in [5, 5.41) is 24.1. The summed E-state index contributed by atoms with van der Waals surface area (Å²) in [6, 6.07) is 4.96. The first-order valence-corrected chi connectivity index (χ1v) is 28.1. The Kier molecular flexibility index (Phi) is 26.7. The van der Waals surface area contributed by atoms with E-state index in [-0.39, 0.29) is 62.5 Å². The van der Waals surface area contributed by atoms with Crippen molar-refractivity contribution >= 4 is 88.5 Å². The van der Waals surface area contributed by atoms with Gasteiger partial charge in [0.1, 0.15) is 48.3 Å². The molecule has 2 aromatic heterocycles. The highest BCUT2D eigenvalue weighted by atomic mass is 32.1. The molecule has 4 rings (SSSR count). The lowest BCUT2D eigenvalue weighted by Crippen LogP contribution is -2.60. The zero-order valence-electron chi connectivity index (χ0n) is 47.8. The minimum Gasteiger partial charge on any atom is -0.370 e. The molecule has 83 heavy (non-hydrogen) atoms. The number of aromatic nitrogens is 3. The molecule has 0 aliphatic carbocycles. The Labute approximate surface area is 487 Å². The molecule has 17 N–H and O–H groups in total. The molecule has 0 fully saturated rings. The molecule has 2 heterocycles. The molecule has 0 spiro atoms. The van der Waals surface area contributed by atoms with Gasteiger partial charge >= 0.3 is 0 Å². The van der Waals surface area contributed by atoms with Gasteiger partial charge in [0, 0.05) is 54.0 Å². The number of benzene rings is 2. The average Bonchev–Trinajstić information content (AvgIpc) is 4.36. The van der Waals surface area contributed by atoms with Crippen LogP contribution in [-0.4, -0.2) is 147 Å². The second-order valence-corrected chi connectivity index (χ2v) is 22.0. The fourth-order valence-electron chi connectivity index (χ4n) is 8.77. The molecule has 4 aromatic rings. The average molecular weight is 1170 g/mol. The van der Waals surface area contributed by atoms with E-state index in [1.165, 1.54) is 19.4 Å². The number of H-pyrrole nitrogens is 2. The molecule has 0 aliphatic heterocycles. The predicted octanol–water partition coefficient (Wildman–Crippen LogP) is -1.31. The van der Waals surface area contributed by atoms with E-state index in [0.29, 0.717) is 11.3 Å². The van der Waals surface area contributed by atoms with Crippen molar-refractivity contribution in [3.05, 3.63) is 90.1 Å². The van der Waals surface area contributed by atoms with Crippen molar-refractivity contribution in [1.82, 2.24) is 62.8 Å². The summed E-state index contributed by atoms with van der Waals surface area (Å²) in [6.45, 7) is 11.3. The highest BCUT2D eigenvalue weighted by molar-refractivity contribution is 7.80. The molecule has 0 bridgehead atoms. The number of hydrogen-bond acceptors (Lipinski definition) is 14. The number of carbonyl (C=O) groups excluding carboxylic acids is 11. The molecule has 27 heteroatoms. The van der Waals surface area contributed by atoms with E-state index in [1.807, 2.05) is 39.8 Å². The summed E-state index contributed by atoms with van der Waals surface area (Å²) in [4.78, 5) is 158. The van der Waals surface area contributed by atoms with Crippen molar-refractivity contribution in [1.29, 1.82) is 0 Å². The molecular weight excluding hydrogens is 1090 g/mol. The van der Waals surface area contributed by atoms with E-state index >= 15 is 0 Å². The highest BCUT2D eigenvalue weighted by Gasteiger charge is 2.35. The lowest BCUT2D eigenvalue weighted by atomic mass is 9.99. The van der Waals surface area contributed by atoms with Crippen LogP contribution in [0, 0.1) is 17.8 Å². The lowest BCUT2D eigenvalue weighted by molar-refractivity contribution is -0.135. The Morgan fingerprint density at radius 3 is 1.72 bits per heavy atom. The first-order chi connectivity index (χ1) is 39.3. The maximum Gasteiger partial charge on any atom is 0.244 e.